The quantitative estimate of drug-likeness (QED) is 0.769. The highest BCUT2D eigenvalue weighted by atomic mass is 32.2. The molecule has 0 bridgehead atoms. The standard InChI is InChI=1S/C12H13NO3S/c14-11-4-3-9-7-10(17(15)16)6-8-2-1-5-13(11)12(8)9/h6-7H,1-5H2,(H,15,16). The van der Waals surface area contributed by atoms with Crippen LogP contribution in [0.5, 0.6) is 0 Å². The summed E-state index contributed by atoms with van der Waals surface area (Å²) in [6.45, 7) is 0.778. The third kappa shape index (κ3) is 1.70. The van der Waals surface area contributed by atoms with Gasteiger partial charge >= 0.3 is 0 Å². The molecule has 1 atom stereocenters. The van der Waals surface area contributed by atoms with Crippen molar-refractivity contribution in [3.63, 3.8) is 0 Å². The van der Waals surface area contributed by atoms with Crippen molar-refractivity contribution in [1.82, 2.24) is 0 Å². The number of anilines is 1. The van der Waals surface area contributed by atoms with Crippen LogP contribution in [0.15, 0.2) is 17.0 Å². The molecule has 90 valence electrons. The Hall–Kier alpha value is -1.20. The zero-order valence-corrected chi connectivity index (χ0v) is 10.1. The van der Waals surface area contributed by atoms with Gasteiger partial charge < -0.3 is 9.45 Å². The molecule has 0 aliphatic carbocycles. The topological polar surface area (TPSA) is 57.6 Å². The maximum Gasteiger partial charge on any atom is 0.227 e. The van der Waals surface area contributed by atoms with Crippen LogP contribution in [0.4, 0.5) is 5.69 Å². The lowest BCUT2D eigenvalue weighted by atomic mass is 9.92. The first-order chi connectivity index (χ1) is 8.16. The van der Waals surface area contributed by atoms with Crippen LogP contribution in [0.25, 0.3) is 0 Å². The Labute approximate surface area is 102 Å². The molecule has 0 saturated heterocycles. The first-order valence-electron chi connectivity index (χ1n) is 5.74. The Bertz CT molecular complexity index is 509. The summed E-state index contributed by atoms with van der Waals surface area (Å²) in [4.78, 5) is 14.1. The van der Waals surface area contributed by atoms with E-state index in [0.29, 0.717) is 17.7 Å². The van der Waals surface area contributed by atoms with Gasteiger partial charge in [-0.3, -0.25) is 4.79 Å². The van der Waals surface area contributed by atoms with Crippen LogP contribution >= 0.6 is 0 Å². The third-order valence-electron chi connectivity index (χ3n) is 3.45. The van der Waals surface area contributed by atoms with Crippen molar-refractivity contribution in [2.45, 2.75) is 30.6 Å². The van der Waals surface area contributed by atoms with E-state index in [4.69, 9.17) is 0 Å². The fraction of sp³-hybridized carbons (Fsp3) is 0.417. The van der Waals surface area contributed by atoms with Gasteiger partial charge in [0.05, 0.1) is 10.6 Å². The second-order valence-corrected chi connectivity index (χ2v) is 5.46. The Balaban J connectivity index is 2.20. The summed E-state index contributed by atoms with van der Waals surface area (Å²) in [6.07, 6.45) is 3.01. The molecule has 0 spiro atoms. The van der Waals surface area contributed by atoms with Gasteiger partial charge in [0, 0.05) is 13.0 Å². The molecule has 0 aromatic heterocycles. The maximum atomic E-state index is 11.8. The first-order valence-corrected chi connectivity index (χ1v) is 6.84. The van der Waals surface area contributed by atoms with Crippen LogP contribution in [0, 0.1) is 0 Å². The van der Waals surface area contributed by atoms with Crippen LogP contribution < -0.4 is 4.90 Å². The number of carbonyl (C=O) groups excluding carboxylic acids is 1. The summed E-state index contributed by atoms with van der Waals surface area (Å²) in [5.41, 5.74) is 3.08. The molecule has 0 radical (unpaired) electrons. The summed E-state index contributed by atoms with van der Waals surface area (Å²) in [5.74, 6) is 0.177. The fourth-order valence-corrected chi connectivity index (χ4v) is 3.21. The molecule has 1 aromatic carbocycles. The zero-order chi connectivity index (χ0) is 12.0. The lowest BCUT2D eigenvalue weighted by Crippen LogP contribution is -2.39. The molecular formula is C12H13NO3S. The molecule has 17 heavy (non-hydrogen) atoms. The molecule has 0 saturated carbocycles. The van der Waals surface area contributed by atoms with Crippen molar-refractivity contribution in [3.05, 3.63) is 23.3 Å². The summed E-state index contributed by atoms with van der Waals surface area (Å²) < 4.78 is 20.3. The number of rotatable bonds is 1. The van der Waals surface area contributed by atoms with Crippen molar-refractivity contribution in [2.75, 3.05) is 11.4 Å². The molecule has 4 nitrogen and oxygen atoms in total. The minimum atomic E-state index is -1.94. The van der Waals surface area contributed by atoms with E-state index in [1.807, 2.05) is 4.90 Å². The normalized spacial score (nSPS) is 20.1. The molecule has 1 unspecified atom stereocenters. The predicted molar refractivity (Wildman–Crippen MR) is 64.5 cm³/mol. The first kappa shape index (κ1) is 10.9. The highest BCUT2D eigenvalue weighted by Crippen LogP contribution is 2.37. The van der Waals surface area contributed by atoms with Gasteiger partial charge in [0.1, 0.15) is 0 Å². The van der Waals surface area contributed by atoms with Crippen molar-refractivity contribution < 1.29 is 13.6 Å². The molecule has 1 N–H and O–H groups in total. The van der Waals surface area contributed by atoms with Gasteiger partial charge in [-0.25, -0.2) is 4.21 Å². The van der Waals surface area contributed by atoms with E-state index in [1.54, 1.807) is 12.1 Å². The van der Waals surface area contributed by atoms with Gasteiger partial charge in [-0.1, -0.05) is 0 Å². The molecule has 2 heterocycles. The van der Waals surface area contributed by atoms with Crippen molar-refractivity contribution in [3.8, 4) is 0 Å². The molecule has 5 heteroatoms. The highest BCUT2D eigenvalue weighted by molar-refractivity contribution is 7.79. The minimum Gasteiger partial charge on any atom is -0.312 e. The fourth-order valence-electron chi connectivity index (χ4n) is 2.72. The van der Waals surface area contributed by atoms with Crippen molar-refractivity contribution >= 4 is 22.7 Å². The largest absolute Gasteiger partial charge is 0.312 e. The zero-order valence-electron chi connectivity index (χ0n) is 9.31. The number of benzene rings is 1. The second kappa shape index (κ2) is 3.92. The predicted octanol–water partition coefficient (Wildman–Crippen LogP) is 1.49. The highest BCUT2D eigenvalue weighted by Gasteiger charge is 2.29. The lowest BCUT2D eigenvalue weighted by molar-refractivity contribution is -0.119. The van der Waals surface area contributed by atoms with E-state index >= 15 is 0 Å². The third-order valence-corrected chi connectivity index (χ3v) is 4.09. The van der Waals surface area contributed by atoms with Gasteiger partial charge in [0.25, 0.3) is 0 Å². The number of nitrogens with zero attached hydrogens (tertiary/aromatic N) is 1. The van der Waals surface area contributed by atoms with E-state index in [1.165, 1.54) is 0 Å². The Morgan fingerprint density at radius 1 is 1.18 bits per heavy atom. The van der Waals surface area contributed by atoms with E-state index in [9.17, 15) is 13.6 Å². The van der Waals surface area contributed by atoms with Crippen LogP contribution in [0.3, 0.4) is 0 Å². The molecule has 3 rings (SSSR count). The molecule has 1 aromatic rings. The Morgan fingerprint density at radius 2 is 1.88 bits per heavy atom. The summed E-state index contributed by atoms with van der Waals surface area (Å²) >= 11 is -1.94. The Morgan fingerprint density at radius 3 is 2.59 bits per heavy atom. The average molecular weight is 251 g/mol. The number of hydrogen-bond donors (Lipinski definition) is 1. The van der Waals surface area contributed by atoms with Crippen molar-refractivity contribution in [1.29, 1.82) is 0 Å². The van der Waals surface area contributed by atoms with Crippen molar-refractivity contribution in [2.24, 2.45) is 0 Å². The van der Waals surface area contributed by atoms with Crippen LogP contribution in [-0.4, -0.2) is 21.2 Å². The molecule has 1 amide bonds. The summed E-state index contributed by atoms with van der Waals surface area (Å²) in [5, 5.41) is 0. The van der Waals surface area contributed by atoms with Gasteiger partial charge in [-0.2, -0.15) is 0 Å². The van der Waals surface area contributed by atoms with E-state index in [0.717, 1.165) is 36.2 Å². The monoisotopic (exact) mass is 251 g/mol. The maximum absolute atomic E-state index is 11.8. The van der Waals surface area contributed by atoms with Crippen LogP contribution in [-0.2, 0) is 28.7 Å². The van der Waals surface area contributed by atoms with E-state index in [2.05, 4.69) is 0 Å². The minimum absolute atomic E-state index is 0.177. The van der Waals surface area contributed by atoms with E-state index < -0.39 is 11.1 Å². The summed E-state index contributed by atoms with van der Waals surface area (Å²) in [6, 6.07) is 3.53. The SMILES string of the molecule is O=C1CCc2cc(S(=O)O)cc3c2N1CCC3. The van der Waals surface area contributed by atoms with Crippen LogP contribution in [0.2, 0.25) is 0 Å². The number of hydrogen-bond acceptors (Lipinski definition) is 2. The summed E-state index contributed by atoms with van der Waals surface area (Å²) in [7, 11) is 0. The van der Waals surface area contributed by atoms with Gasteiger partial charge in [-0.15, -0.1) is 0 Å². The molecule has 0 fully saturated rings. The Kier molecular flexibility index (Phi) is 2.52. The smallest absolute Gasteiger partial charge is 0.227 e. The van der Waals surface area contributed by atoms with E-state index in [-0.39, 0.29) is 5.91 Å². The van der Waals surface area contributed by atoms with Crippen LogP contribution in [0.1, 0.15) is 24.0 Å². The number of carbonyl (C=O) groups is 1. The lowest BCUT2D eigenvalue weighted by Gasteiger charge is -2.35. The molecule has 2 aliphatic rings. The number of amides is 1. The molecular weight excluding hydrogens is 238 g/mol. The second-order valence-electron chi connectivity index (χ2n) is 4.49. The number of aryl methyl sites for hydroxylation is 2. The molecule has 2 aliphatic heterocycles. The average Bonchev–Trinajstić information content (AvgIpc) is 2.33. The van der Waals surface area contributed by atoms with Gasteiger partial charge in [-0.05, 0) is 42.5 Å². The van der Waals surface area contributed by atoms with Gasteiger partial charge in [0.2, 0.25) is 5.91 Å². The van der Waals surface area contributed by atoms with Gasteiger partial charge in [0.15, 0.2) is 11.1 Å².